The number of aromatic nitrogens is 1. The Bertz CT molecular complexity index is 794. The predicted molar refractivity (Wildman–Crippen MR) is 96.5 cm³/mol. The highest BCUT2D eigenvalue weighted by Crippen LogP contribution is 2.32. The molecule has 124 valence electrons. The van der Waals surface area contributed by atoms with E-state index in [1.54, 1.807) is 30.5 Å². The Hall–Kier alpha value is -2.45. The van der Waals surface area contributed by atoms with Gasteiger partial charge >= 0.3 is 5.97 Å². The van der Waals surface area contributed by atoms with Crippen LogP contribution in [0.25, 0.3) is 16.6 Å². The van der Waals surface area contributed by atoms with E-state index in [2.05, 4.69) is 31.8 Å². The van der Waals surface area contributed by atoms with Gasteiger partial charge in [0.25, 0.3) is 0 Å². The molecule has 1 aromatic heterocycles. The van der Waals surface area contributed by atoms with E-state index in [1.165, 1.54) is 0 Å². The summed E-state index contributed by atoms with van der Waals surface area (Å²) in [6.45, 7) is 8.26. The maximum Gasteiger partial charge on any atom is 0.348 e. The van der Waals surface area contributed by atoms with E-state index in [4.69, 9.17) is 4.74 Å². The fraction of sp³-hybridized carbons (Fsp3) is 0.316. The second kappa shape index (κ2) is 7.41. The normalized spacial score (nSPS) is 11.9. The molecule has 1 aromatic carbocycles. The fourth-order valence-corrected chi connectivity index (χ4v) is 2.97. The molecule has 2 aromatic rings. The molecule has 0 saturated heterocycles. The Balaban J connectivity index is 2.54. The summed E-state index contributed by atoms with van der Waals surface area (Å²) < 4.78 is 4.94. The molecule has 4 nitrogen and oxygen atoms in total. The van der Waals surface area contributed by atoms with Gasteiger partial charge in [-0.2, -0.15) is 5.26 Å². The minimum absolute atomic E-state index is 0.00403. The van der Waals surface area contributed by atoms with Crippen molar-refractivity contribution in [2.75, 3.05) is 6.61 Å². The van der Waals surface area contributed by atoms with Crippen LogP contribution in [0.3, 0.4) is 0 Å². The summed E-state index contributed by atoms with van der Waals surface area (Å²) in [5.74, 6) is -0.594. The molecule has 0 unspecified atom stereocenters. The smallest absolute Gasteiger partial charge is 0.348 e. The van der Waals surface area contributed by atoms with Crippen LogP contribution < -0.4 is 0 Å². The molecular formula is C19H20N2O2S. The van der Waals surface area contributed by atoms with Crippen molar-refractivity contribution in [3.05, 3.63) is 46.5 Å². The largest absolute Gasteiger partial charge is 0.462 e. The number of thiazole rings is 1. The Morgan fingerprint density at radius 1 is 1.42 bits per heavy atom. The van der Waals surface area contributed by atoms with Gasteiger partial charge in [-0.1, -0.05) is 32.9 Å². The van der Waals surface area contributed by atoms with Crippen LogP contribution in [0.15, 0.2) is 35.3 Å². The first-order valence-corrected chi connectivity index (χ1v) is 8.58. The van der Waals surface area contributed by atoms with Crippen LogP contribution in [0.1, 0.15) is 38.8 Å². The maximum absolute atomic E-state index is 11.9. The third kappa shape index (κ3) is 4.09. The summed E-state index contributed by atoms with van der Waals surface area (Å²) in [6, 6.07) is 7.89. The van der Waals surface area contributed by atoms with Crippen molar-refractivity contribution >= 4 is 23.4 Å². The average molecular weight is 340 g/mol. The van der Waals surface area contributed by atoms with Gasteiger partial charge in [-0.05, 0) is 35.6 Å². The lowest BCUT2D eigenvalue weighted by atomic mass is 9.82. The number of esters is 1. The zero-order valence-corrected chi connectivity index (χ0v) is 15.1. The van der Waals surface area contributed by atoms with E-state index in [0.717, 1.165) is 21.7 Å². The second-order valence-electron chi connectivity index (χ2n) is 6.28. The van der Waals surface area contributed by atoms with Crippen molar-refractivity contribution in [2.45, 2.75) is 33.1 Å². The van der Waals surface area contributed by atoms with Crippen LogP contribution in [-0.2, 0) is 14.9 Å². The molecule has 0 saturated carbocycles. The number of hydrogen-bond acceptors (Lipinski definition) is 5. The summed E-state index contributed by atoms with van der Waals surface area (Å²) in [4.78, 5) is 16.2. The van der Waals surface area contributed by atoms with Gasteiger partial charge in [0.1, 0.15) is 16.6 Å². The molecule has 24 heavy (non-hydrogen) atoms. The minimum Gasteiger partial charge on any atom is -0.462 e. The first-order valence-electron chi connectivity index (χ1n) is 7.70. The van der Waals surface area contributed by atoms with Crippen LogP contribution in [0.4, 0.5) is 0 Å². The molecule has 0 N–H and O–H groups in total. The SMILES string of the molecule is CCOC(=O)C(C#N)=Cc1ccc(-c2nccs2)cc1C(C)(C)C. The molecule has 0 atom stereocenters. The molecule has 0 aliphatic carbocycles. The Labute approximate surface area is 146 Å². The van der Waals surface area contributed by atoms with E-state index < -0.39 is 5.97 Å². The monoisotopic (exact) mass is 340 g/mol. The van der Waals surface area contributed by atoms with Crippen molar-refractivity contribution in [3.63, 3.8) is 0 Å². The molecule has 1 heterocycles. The topological polar surface area (TPSA) is 63.0 Å². The van der Waals surface area contributed by atoms with Crippen LogP contribution in [0.5, 0.6) is 0 Å². The Morgan fingerprint density at radius 3 is 2.71 bits per heavy atom. The van der Waals surface area contributed by atoms with E-state index in [9.17, 15) is 10.1 Å². The standard InChI is InChI=1S/C19H20N2O2S/c1-5-23-18(22)15(12-20)10-13-6-7-14(17-21-8-9-24-17)11-16(13)19(2,3)4/h6-11H,5H2,1-4H3. The number of carbonyl (C=O) groups is 1. The molecule has 2 rings (SSSR count). The van der Waals surface area contributed by atoms with Gasteiger partial charge in [0.05, 0.1) is 6.61 Å². The lowest BCUT2D eigenvalue weighted by Crippen LogP contribution is -2.14. The number of nitrogens with zero attached hydrogens (tertiary/aromatic N) is 2. The van der Waals surface area contributed by atoms with Crippen LogP contribution in [-0.4, -0.2) is 17.6 Å². The van der Waals surface area contributed by atoms with E-state index in [-0.39, 0.29) is 17.6 Å². The van der Waals surface area contributed by atoms with Gasteiger partial charge in [-0.25, -0.2) is 9.78 Å². The number of hydrogen-bond donors (Lipinski definition) is 0. The van der Waals surface area contributed by atoms with Gasteiger partial charge in [-0.3, -0.25) is 0 Å². The van der Waals surface area contributed by atoms with Crippen molar-refractivity contribution in [3.8, 4) is 16.6 Å². The van der Waals surface area contributed by atoms with E-state index in [1.807, 2.05) is 23.6 Å². The van der Waals surface area contributed by atoms with Gasteiger partial charge in [0, 0.05) is 17.1 Å². The number of carbonyl (C=O) groups excluding carboxylic acids is 1. The van der Waals surface area contributed by atoms with Crippen LogP contribution in [0, 0.1) is 11.3 Å². The first-order chi connectivity index (χ1) is 11.4. The molecule has 0 spiro atoms. The quantitative estimate of drug-likeness (QED) is 0.464. The van der Waals surface area contributed by atoms with E-state index >= 15 is 0 Å². The highest BCUT2D eigenvalue weighted by atomic mass is 32.1. The predicted octanol–water partition coefficient (Wildman–Crippen LogP) is 4.58. The first kappa shape index (κ1) is 17.9. The van der Waals surface area contributed by atoms with Crippen molar-refractivity contribution in [1.82, 2.24) is 4.98 Å². The molecular weight excluding hydrogens is 320 g/mol. The lowest BCUT2D eigenvalue weighted by Gasteiger charge is -2.22. The Morgan fingerprint density at radius 2 is 2.17 bits per heavy atom. The average Bonchev–Trinajstić information content (AvgIpc) is 3.06. The lowest BCUT2D eigenvalue weighted by molar-refractivity contribution is -0.137. The molecule has 0 amide bonds. The zero-order chi connectivity index (χ0) is 17.7. The molecule has 0 fully saturated rings. The summed E-state index contributed by atoms with van der Waals surface area (Å²) in [5.41, 5.74) is 2.78. The van der Waals surface area contributed by atoms with Crippen molar-refractivity contribution in [2.24, 2.45) is 0 Å². The number of ether oxygens (including phenoxy) is 1. The molecule has 0 bridgehead atoms. The van der Waals surface area contributed by atoms with Crippen molar-refractivity contribution < 1.29 is 9.53 Å². The number of rotatable bonds is 4. The van der Waals surface area contributed by atoms with Gasteiger partial charge < -0.3 is 4.74 Å². The molecule has 0 radical (unpaired) electrons. The highest BCUT2D eigenvalue weighted by molar-refractivity contribution is 7.13. The summed E-state index contributed by atoms with van der Waals surface area (Å²) in [7, 11) is 0. The summed E-state index contributed by atoms with van der Waals surface area (Å²) >= 11 is 1.58. The Kier molecular flexibility index (Phi) is 5.53. The molecule has 5 heteroatoms. The van der Waals surface area contributed by atoms with Gasteiger partial charge in [0.15, 0.2) is 0 Å². The second-order valence-corrected chi connectivity index (χ2v) is 7.17. The molecule has 0 aliphatic heterocycles. The zero-order valence-electron chi connectivity index (χ0n) is 14.3. The summed E-state index contributed by atoms with van der Waals surface area (Å²) in [6.07, 6.45) is 3.38. The number of benzene rings is 1. The summed E-state index contributed by atoms with van der Waals surface area (Å²) in [5, 5.41) is 12.1. The number of nitriles is 1. The van der Waals surface area contributed by atoms with E-state index in [0.29, 0.717) is 0 Å². The molecule has 0 aliphatic rings. The van der Waals surface area contributed by atoms with Crippen molar-refractivity contribution in [1.29, 1.82) is 5.26 Å². The van der Waals surface area contributed by atoms with Crippen LogP contribution in [0.2, 0.25) is 0 Å². The third-order valence-corrected chi connectivity index (χ3v) is 4.28. The highest BCUT2D eigenvalue weighted by Gasteiger charge is 2.20. The minimum atomic E-state index is -0.594. The third-order valence-electron chi connectivity index (χ3n) is 3.46. The fourth-order valence-electron chi connectivity index (χ4n) is 2.33. The van der Waals surface area contributed by atoms with Crippen LogP contribution >= 0.6 is 11.3 Å². The maximum atomic E-state index is 11.9. The van der Waals surface area contributed by atoms with Gasteiger partial charge in [-0.15, -0.1) is 11.3 Å². The van der Waals surface area contributed by atoms with Gasteiger partial charge in [0.2, 0.25) is 0 Å².